The summed E-state index contributed by atoms with van der Waals surface area (Å²) in [4.78, 5) is 10.1. The maximum atomic E-state index is 10.1. The van der Waals surface area contributed by atoms with Gasteiger partial charge in [0.25, 0.3) is 5.91 Å². The molecule has 0 aliphatic rings. The van der Waals surface area contributed by atoms with Crippen molar-refractivity contribution in [1.82, 2.24) is 10.8 Å². The molecule has 0 aliphatic heterocycles. The monoisotopic (exact) mass is 118 g/mol. The van der Waals surface area contributed by atoms with Crippen LogP contribution < -0.4 is 10.8 Å². The van der Waals surface area contributed by atoms with Crippen molar-refractivity contribution in [2.24, 2.45) is 0 Å². The first kappa shape index (κ1) is 7.39. The number of nitrogens with one attached hydrogen (secondary N) is 2. The molecule has 0 fully saturated rings. The van der Waals surface area contributed by atoms with Crippen molar-refractivity contribution in [3.63, 3.8) is 0 Å². The molecule has 0 bridgehead atoms. The van der Waals surface area contributed by atoms with Gasteiger partial charge in [-0.3, -0.25) is 10.0 Å². The second kappa shape index (κ2) is 4.55. The van der Waals surface area contributed by atoms with Crippen molar-refractivity contribution < 1.29 is 10.0 Å². The topological polar surface area (TPSA) is 61.4 Å². The van der Waals surface area contributed by atoms with Crippen molar-refractivity contribution in [3.05, 3.63) is 0 Å². The molecule has 0 aromatic heterocycles. The van der Waals surface area contributed by atoms with Crippen LogP contribution in [0.3, 0.4) is 0 Å². The Labute approximate surface area is 47.8 Å². The molecule has 4 nitrogen and oxygen atoms in total. The molecule has 3 N–H and O–H groups in total. The molecule has 8 heavy (non-hydrogen) atoms. The van der Waals surface area contributed by atoms with E-state index in [1.54, 1.807) is 0 Å². The highest BCUT2D eigenvalue weighted by molar-refractivity contribution is 5.76. The van der Waals surface area contributed by atoms with E-state index in [-0.39, 0.29) is 6.54 Å². The third kappa shape index (κ3) is 3.58. The third-order valence-corrected chi connectivity index (χ3v) is 0.660. The van der Waals surface area contributed by atoms with Crippen LogP contribution in [0, 0.1) is 0 Å². The standard InChI is InChI=1S/C4H10N2O2/c1-2-5-3-4(7)6-8/h5,8H,2-3H2,1H3,(H,6,7). The first-order chi connectivity index (χ1) is 3.81. The van der Waals surface area contributed by atoms with Gasteiger partial charge in [-0.25, -0.2) is 5.48 Å². The molecule has 0 radical (unpaired) electrons. The molecule has 0 aromatic carbocycles. The lowest BCUT2D eigenvalue weighted by Gasteiger charge is -1.96. The number of hydrogen-bond donors (Lipinski definition) is 3. The Morgan fingerprint density at radius 3 is 2.75 bits per heavy atom. The van der Waals surface area contributed by atoms with Gasteiger partial charge in [0.05, 0.1) is 6.54 Å². The quantitative estimate of drug-likeness (QED) is 0.332. The van der Waals surface area contributed by atoms with E-state index in [1.165, 1.54) is 5.48 Å². The van der Waals surface area contributed by atoms with Crippen LogP contribution in [-0.4, -0.2) is 24.2 Å². The van der Waals surface area contributed by atoms with E-state index >= 15 is 0 Å². The molecular weight excluding hydrogens is 108 g/mol. The van der Waals surface area contributed by atoms with Gasteiger partial charge in [0, 0.05) is 0 Å². The normalized spacial score (nSPS) is 8.75. The van der Waals surface area contributed by atoms with Crippen LogP contribution in [0.2, 0.25) is 0 Å². The van der Waals surface area contributed by atoms with Crippen molar-refractivity contribution >= 4 is 5.91 Å². The number of likely N-dealkylation sites (N-methyl/N-ethyl adjacent to an activating group) is 1. The number of hydroxylamine groups is 1. The molecule has 48 valence electrons. The van der Waals surface area contributed by atoms with Crippen molar-refractivity contribution in [2.45, 2.75) is 6.92 Å². The van der Waals surface area contributed by atoms with E-state index in [2.05, 4.69) is 5.32 Å². The SMILES string of the molecule is CCNCC(=O)NO. The number of carbonyl (C=O) groups excluding carboxylic acids is 1. The Morgan fingerprint density at radius 2 is 2.38 bits per heavy atom. The first-order valence-corrected chi connectivity index (χ1v) is 2.45. The molecule has 0 heterocycles. The lowest BCUT2D eigenvalue weighted by atomic mass is 10.6. The van der Waals surface area contributed by atoms with Gasteiger partial charge in [-0.1, -0.05) is 6.92 Å². The Morgan fingerprint density at radius 1 is 1.75 bits per heavy atom. The van der Waals surface area contributed by atoms with E-state index in [4.69, 9.17) is 5.21 Å². The highest BCUT2D eigenvalue weighted by Gasteiger charge is 1.92. The lowest BCUT2D eigenvalue weighted by molar-refractivity contribution is -0.128. The van der Waals surface area contributed by atoms with Crippen LogP contribution in [0.5, 0.6) is 0 Å². The fraction of sp³-hybridized carbons (Fsp3) is 0.750. The zero-order valence-electron chi connectivity index (χ0n) is 4.77. The van der Waals surface area contributed by atoms with E-state index < -0.39 is 5.91 Å². The molecule has 0 saturated carbocycles. The smallest absolute Gasteiger partial charge is 0.257 e. The summed E-state index contributed by atoms with van der Waals surface area (Å²) in [5.74, 6) is -0.410. The summed E-state index contributed by atoms with van der Waals surface area (Å²) in [6.45, 7) is 2.78. The number of hydrogen-bond acceptors (Lipinski definition) is 3. The third-order valence-electron chi connectivity index (χ3n) is 0.660. The van der Waals surface area contributed by atoms with Crippen LogP contribution >= 0.6 is 0 Å². The van der Waals surface area contributed by atoms with E-state index in [9.17, 15) is 4.79 Å². The summed E-state index contributed by atoms with van der Waals surface area (Å²) in [7, 11) is 0. The molecule has 0 rings (SSSR count). The zero-order valence-corrected chi connectivity index (χ0v) is 4.77. The Bertz CT molecular complexity index is 74.4. The van der Waals surface area contributed by atoms with Crippen LogP contribution in [0.15, 0.2) is 0 Å². The van der Waals surface area contributed by atoms with Gasteiger partial charge in [-0.15, -0.1) is 0 Å². The maximum absolute atomic E-state index is 10.1. The molecule has 0 saturated heterocycles. The van der Waals surface area contributed by atoms with Gasteiger partial charge in [-0.05, 0) is 6.54 Å². The van der Waals surface area contributed by atoms with Gasteiger partial charge in [0.1, 0.15) is 0 Å². The van der Waals surface area contributed by atoms with E-state index in [1.807, 2.05) is 6.92 Å². The summed E-state index contributed by atoms with van der Waals surface area (Å²) in [6, 6.07) is 0. The van der Waals surface area contributed by atoms with Crippen LogP contribution in [0.4, 0.5) is 0 Å². The average Bonchev–Trinajstić information content (AvgIpc) is 1.83. The molecule has 0 unspecified atom stereocenters. The Hall–Kier alpha value is -0.610. The van der Waals surface area contributed by atoms with Crippen molar-refractivity contribution in [1.29, 1.82) is 0 Å². The van der Waals surface area contributed by atoms with E-state index in [0.29, 0.717) is 0 Å². The van der Waals surface area contributed by atoms with Gasteiger partial charge in [0.2, 0.25) is 0 Å². The summed E-state index contributed by atoms with van der Waals surface area (Å²) >= 11 is 0. The predicted octanol–water partition coefficient (Wildman–Crippen LogP) is -0.899. The summed E-state index contributed by atoms with van der Waals surface area (Å²) < 4.78 is 0. The minimum atomic E-state index is -0.410. The molecule has 0 spiro atoms. The fourth-order valence-corrected chi connectivity index (χ4v) is 0.278. The van der Waals surface area contributed by atoms with Gasteiger partial charge >= 0.3 is 0 Å². The molecule has 4 heteroatoms. The molecule has 0 aromatic rings. The second-order valence-corrected chi connectivity index (χ2v) is 1.32. The van der Waals surface area contributed by atoms with Crippen LogP contribution in [0.25, 0.3) is 0 Å². The molecule has 0 atom stereocenters. The fourth-order valence-electron chi connectivity index (χ4n) is 0.278. The van der Waals surface area contributed by atoms with Crippen molar-refractivity contribution in [3.8, 4) is 0 Å². The van der Waals surface area contributed by atoms with Crippen LogP contribution in [-0.2, 0) is 4.79 Å². The predicted molar refractivity (Wildman–Crippen MR) is 28.5 cm³/mol. The summed E-state index contributed by atoms with van der Waals surface area (Å²) in [6.07, 6.45) is 0. The minimum Gasteiger partial charge on any atom is -0.309 e. The average molecular weight is 118 g/mol. The summed E-state index contributed by atoms with van der Waals surface area (Å²) in [5, 5.41) is 10.6. The minimum absolute atomic E-state index is 0.174. The highest BCUT2D eigenvalue weighted by Crippen LogP contribution is 1.57. The van der Waals surface area contributed by atoms with Gasteiger partial charge < -0.3 is 5.32 Å². The van der Waals surface area contributed by atoms with Crippen LogP contribution in [0.1, 0.15) is 6.92 Å². The lowest BCUT2D eigenvalue weighted by Crippen LogP contribution is -2.31. The Kier molecular flexibility index (Phi) is 4.20. The van der Waals surface area contributed by atoms with Crippen molar-refractivity contribution in [2.75, 3.05) is 13.1 Å². The second-order valence-electron chi connectivity index (χ2n) is 1.32. The Balaban J connectivity index is 2.99. The highest BCUT2D eigenvalue weighted by atomic mass is 16.5. The largest absolute Gasteiger partial charge is 0.309 e. The first-order valence-electron chi connectivity index (χ1n) is 2.45. The van der Waals surface area contributed by atoms with E-state index in [0.717, 1.165) is 6.54 Å². The number of amides is 1. The molecular formula is C4H10N2O2. The van der Waals surface area contributed by atoms with Gasteiger partial charge in [0.15, 0.2) is 0 Å². The zero-order chi connectivity index (χ0) is 6.41. The van der Waals surface area contributed by atoms with Gasteiger partial charge in [-0.2, -0.15) is 0 Å². The number of rotatable bonds is 3. The molecule has 0 aliphatic carbocycles. The maximum Gasteiger partial charge on any atom is 0.257 e. The summed E-state index contributed by atoms with van der Waals surface area (Å²) in [5.41, 5.74) is 1.50. The molecule has 1 amide bonds. The number of carbonyl (C=O) groups is 1.